The zero-order valence-corrected chi connectivity index (χ0v) is 17.0. The molecule has 0 aliphatic rings. The van der Waals surface area contributed by atoms with Crippen molar-refractivity contribution in [3.63, 3.8) is 0 Å². The highest BCUT2D eigenvalue weighted by Gasteiger charge is 2.73. The fraction of sp³-hybridized carbons (Fsp3) is 1.00. The molecule has 0 aromatic carbocycles. The average Bonchev–Trinajstić information content (AvgIpc) is 2.47. The van der Waals surface area contributed by atoms with Crippen LogP contribution in [0.2, 0.25) is 0 Å². The minimum absolute atomic E-state index is 0.0574. The Kier molecular flexibility index (Phi) is 10.6. The van der Waals surface area contributed by atoms with Crippen LogP contribution in [-0.4, -0.2) is 21.4 Å². The second-order valence-corrected chi connectivity index (χ2v) is 8.99. The maximum atomic E-state index is 14.0. The van der Waals surface area contributed by atoms with Gasteiger partial charge in [0, 0.05) is 9.84 Å². The van der Waals surface area contributed by atoms with E-state index in [1.165, 1.54) is 13.3 Å². The lowest BCUT2D eigenvalue weighted by molar-refractivity contribution is -0.344. The van der Waals surface area contributed by atoms with Crippen molar-refractivity contribution >= 4 is 22.6 Å². The van der Waals surface area contributed by atoms with Crippen molar-refractivity contribution in [1.29, 1.82) is 0 Å². The lowest BCUT2D eigenvalue weighted by atomic mass is 9.85. The first-order valence-electron chi connectivity index (χ1n) is 8.84. The minimum Gasteiger partial charge on any atom is -0.224 e. The summed E-state index contributed by atoms with van der Waals surface area (Å²) in [6.45, 7) is 3.61. The van der Waals surface area contributed by atoms with Gasteiger partial charge in [0.15, 0.2) is 0 Å². The molecule has 0 N–H and O–H groups in total. The third-order valence-electron chi connectivity index (χ3n) is 4.57. The van der Waals surface area contributed by atoms with Crippen LogP contribution in [0.5, 0.6) is 0 Å². The maximum absolute atomic E-state index is 14.0. The highest BCUT2D eigenvalue weighted by atomic mass is 127. The molecule has 0 bridgehead atoms. The van der Waals surface area contributed by atoms with E-state index in [0.29, 0.717) is 6.42 Å². The Morgan fingerprint density at radius 1 is 0.640 bits per heavy atom. The van der Waals surface area contributed by atoms with Crippen molar-refractivity contribution in [3.8, 4) is 0 Å². The van der Waals surface area contributed by atoms with Crippen molar-refractivity contribution in [2.75, 3.05) is 0 Å². The molecule has 1 atom stereocenters. The van der Waals surface area contributed by atoms with Crippen molar-refractivity contribution in [2.45, 2.75) is 106 Å². The SMILES string of the molecule is CCCCCCCCCCC(I)(CC)CC(F)(C(F)(F)F)C(F)(F)F. The van der Waals surface area contributed by atoms with Crippen LogP contribution in [0.4, 0.5) is 30.7 Å². The van der Waals surface area contributed by atoms with Gasteiger partial charge in [-0.2, -0.15) is 26.3 Å². The molecule has 0 aromatic rings. The standard InChI is InChI=1S/C17H28F7I/c1-3-5-6-7-8-9-10-11-12-14(25,4-2)13-15(18,16(19,20)21)17(22,23)24/h3-13H2,1-2H3. The van der Waals surface area contributed by atoms with Crippen LogP contribution in [-0.2, 0) is 0 Å². The van der Waals surface area contributed by atoms with Gasteiger partial charge >= 0.3 is 12.4 Å². The van der Waals surface area contributed by atoms with Crippen LogP contribution in [0.15, 0.2) is 0 Å². The number of halogens is 8. The average molecular weight is 492 g/mol. The fourth-order valence-electron chi connectivity index (χ4n) is 2.76. The Morgan fingerprint density at radius 2 is 1.04 bits per heavy atom. The highest BCUT2D eigenvalue weighted by Crippen LogP contribution is 2.53. The Morgan fingerprint density at radius 3 is 1.40 bits per heavy atom. The maximum Gasteiger partial charge on any atom is 0.431 e. The van der Waals surface area contributed by atoms with E-state index in [2.05, 4.69) is 6.92 Å². The Hall–Kier alpha value is 0.240. The molecule has 152 valence electrons. The van der Waals surface area contributed by atoms with Crippen molar-refractivity contribution < 1.29 is 30.7 Å². The highest BCUT2D eigenvalue weighted by molar-refractivity contribution is 14.1. The van der Waals surface area contributed by atoms with E-state index in [9.17, 15) is 30.7 Å². The van der Waals surface area contributed by atoms with Crippen LogP contribution in [0.25, 0.3) is 0 Å². The minimum atomic E-state index is -5.96. The van der Waals surface area contributed by atoms with Gasteiger partial charge < -0.3 is 0 Å². The molecule has 0 aliphatic carbocycles. The second kappa shape index (κ2) is 10.5. The Balaban J connectivity index is 4.61. The molecular weight excluding hydrogens is 464 g/mol. The van der Waals surface area contributed by atoms with Gasteiger partial charge in [-0.1, -0.05) is 87.8 Å². The van der Waals surface area contributed by atoms with Crippen molar-refractivity contribution in [2.24, 2.45) is 0 Å². The van der Waals surface area contributed by atoms with Crippen molar-refractivity contribution in [1.82, 2.24) is 0 Å². The lowest BCUT2D eigenvalue weighted by Crippen LogP contribution is -2.56. The van der Waals surface area contributed by atoms with Crippen LogP contribution in [0, 0.1) is 0 Å². The van der Waals surface area contributed by atoms with Gasteiger partial charge in [0.1, 0.15) is 0 Å². The summed E-state index contributed by atoms with van der Waals surface area (Å²) in [6.07, 6.45) is -5.60. The van der Waals surface area contributed by atoms with E-state index in [1.807, 2.05) is 0 Å². The summed E-state index contributed by atoms with van der Waals surface area (Å²) in [6, 6.07) is 0. The van der Waals surface area contributed by atoms with E-state index in [1.54, 1.807) is 22.6 Å². The zero-order valence-electron chi connectivity index (χ0n) is 14.8. The van der Waals surface area contributed by atoms with E-state index in [-0.39, 0.29) is 12.8 Å². The summed E-state index contributed by atoms with van der Waals surface area (Å²) in [5.41, 5.74) is -5.16. The van der Waals surface area contributed by atoms with Gasteiger partial charge in [0.05, 0.1) is 0 Å². The molecule has 0 amide bonds. The second-order valence-electron chi connectivity index (χ2n) is 6.70. The van der Waals surface area contributed by atoms with Gasteiger partial charge in [-0.15, -0.1) is 0 Å². The van der Waals surface area contributed by atoms with Crippen molar-refractivity contribution in [3.05, 3.63) is 0 Å². The predicted octanol–water partition coefficient (Wildman–Crippen LogP) is 8.32. The molecule has 0 aromatic heterocycles. The topological polar surface area (TPSA) is 0 Å². The number of alkyl halides is 8. The molecule has 0 saturated carbocycles. The number of hydrogen-bond acceptors (Lipinski definition) is 0. The summed E-state index contributed by atoms with van der Waals surface area (Å²) in [5, 5.41) is 0. The van der Waals surface area contributed by atoms with E-state index >= 15 is 0 Å². The largest absolute Gasteiger partial charge is 0.431 e. The van der Waals surface area contributed by atoms with Crippen LogP contribution in [0.1, 0.15) is 84.5 Å². The first-order chi connectivity index (χ1) is 11.3. The lowest BCUT2D eigenvalue weighted by Gasteiger charge is -2.37. The smallest absolute Gasteiger partial charge is 0.224 e. The molecule has 25 heavy (non-hydrogen) atoms. The summed E-state index contributed by atoms with van der Waals surface area (Å²) in [5.74, 6) is 0. The number of rotatable bonds is 12. The van der Waals surface area contributed by atoms with Gasteiger partial charge in [0.2, 0.25) is 0 Å². The monoisotopic (exact) mass is 492 g/mol. The first-order valence-corrected chi connectivity index (χ1v) is 9.92. The molecular formula is C17H28F7I. The number of hydrogen-bond donors (Lipinski definition) is 0. The molecule has 0 spiro atoms. The third kappa shape index (κ3) is 8.20. The Bertz CT molecular complexity index is 351. The molecule has 1 unspecified atom stereocenters. The van der Waals surface area contributed by atoms with Crippen LogP contribution in [0.3, 0.4) is 0 Å². The van der Waals surface area contributed by atoms with Crippen LogP contribution >= 0.6 is 22.6 Å². The van der Waals surface area contributed by atoms with Crippen LogP contribution < -0.4 is 0 Å². The molecule has 0 nitrogen and oxygen atoms in total. The molecule has 0 heterocycles. The molecule has 0 radical (unpaired) electrons. The molecule has 0 saturated heterocycles. The van der Waals surface area contributed by atoms with E-state index in [0.717, 1.165) is 38.5 Å². The molecule has 0 fully saturated rings. The Labute approximate surface area is 159 Å². The summed E-state index contributed by atoms with van der Waals surface area (Å²) in [4.78, 5) is 0. The first kappa shape index (κ1) is 25.2. The normalized spacial score (nSPS) is 16.1. The zero-order chi connectivity index (χ0) is 19.8. The third-order valence-corrected chi connectivity index (χ3v) is 6.25. The van der Waals surface area contributed by atoms with E-state index < -0.39 is 27.9 Å². The molecule has 8 heteroatoms. The number of unbranched alkanes of at least 4 members (excludes halogenated alkanes) is 7. The van der Waals surface area contributed by atoms with Gasteiger partial charge in [-0.3, -0.25) is 0 Å². The van der Waals surface area contributed by atoms with E-state index in [4.69, 9.17) is 0 Å². The summed E-state index contributed by atoms with van der Waals surface area (Å²) in [7, 11) is 0. The van der Waals surface area contributed by atoms with Gasteiger partial charge in [0.25, 0.3) is 5.67 Å². The molecule has 0 rings (SSSR count). The van der Waals surface area contributed by atoms with Gasteiger partial charge in [-0.05, 0) is 12.8 Å². The fourth-order valence-corrected chi connectivity index (χ4v) is 3.67. The summed E-state index contributed by atoms with van der Waals surface area (Å²) >= 11 is 1.58. The predicted molar refractivity (Wildman–Crippen MR) is 94.8 cm³/mol. The quantitative estimate of drug-likeness (QED) is 0.111. The summed E-state index contributed by atoms with van der Waals surface area (Å²) < 4.78 is 89.2. The van der Waals surface area contributed by atoms with Gasteiger partial charge in [-0.25, -0.2) is 4.39 Å². The molecule has 0 aliphatic heterocycles.